The molecule has 4 aromatic rings. The number of hydrogen-bond acceptors (Lipinski definition) is 6. The molecule has 2 aromatic heterocycles. The van der Waals surface area contributed by atoms with Gasteiger partial charge in [0.15, 0.2) is 0 Å². The molecule has 31 heavy (non-hydrogen) atoms. The molecule has 0 atom stereocenters. The van der Waals surface area contributed by atoms with Crippen LogP contribution in [0.25, 0.3) is 21.3 Å². The second-order valence-corrected chi connectivity index (χ2v) is 7.60. The molecule has 8 heteroatoms. The Morgan fingerprint density at radius 1 is 1.10 bits per heavy atom. The Labute approximate surface area is 181 Å². The first-order valence-electron chi connectivity index (χ1n) is 9.66. The summed E-state index contributed by atoms with van der Waals surface area (Å²) in [6, 6.07) is 16.1. The van der Waals surface area contributed by atoms with Crippen LogP contribution >= 0.6 is 11.3 Å². The van der Waals surface area contributed by atoms with Crippen molar-refractivity contribution in [3.05, 3.63) is 82.2 Å². The van der Waals surface area contributed by atoms with Gasteiger partial charge in [0.25, 0.3) is 5.56 Å². The van der Waals surface area contributed by atoms with Gasteiger partial charge in [-0.15, -0.1) is 11.3 Å². The molecule has 0 bridgehead atoms. The maximum atomic E-state index is 12.8. The maximum Gasteiger partial charge on any atom is 0.338 e. The van der Waals surface area contributed by atoms with Gasteiger partial charge in [-0.3, -0.25) is 14.2 Å². The standard InChI is InChI=1S/C23H19N3O4S/c1-2-30-23(29)16-8-10-17(11-9-16)25-19(27)12-26-14-24-20-18(13-31-21(20)22(26)28)15-6-4-3-5-7-15/h3-11,13-14H,2,12H2,1H3,(H,25,27). The lowest BCUT2D eigenvalue weighted by Crippen LogP contribution is -2.27. The van der Waals surface area contributed by atoms with Crippen molar-refractivity contribution in [3.63, 3.8) is 0 Å². The Hall–Kier alpha value is -3.78. The van der Waals surface area contributed by atoms with E-state index in [-0.39, 0.29) is 18.0 Å². The van der Waals surface area contributed by atoms with E-state index in [0.717, 1.165) is 11.1 Å². The van der Waals surface area contributed by atoms with E-state index in [1.54, 1.807) is 31.2 Å². The summed E-state index contributed by atoms with van der Waals surface area (Å²) in [6.45, 7) is 1.86. The van der Waals surface area contributed by atoms with Crippen LogP contribution in [0.15, 0.2) is 71.1 Å². The number of hydrogen-bond donors (Lipinski definition) is 1. The van der Waals surface area contributed by atoms with Crippen LogP contribution < -0.4 is 10.9 Å². The van der Waals surface area contributed by atoms with E-state index in [1.807, 2.05) is 35.7 Å². The normalized spacial score (nSPS) is 10.7. The third-order valence-electron chi connectivity index (χ3n) is 4.62. The topological polar surface area (TPSA) is 90.3 Å². The minimum Gasteiger partial charge on any atom is -0.462 e. The highest BCUT2D eigenvalue weighted by Crippen LogP contribution is 2.30. The van der Waals surface area contributed by atoms with Crippen molar-refractivity contribution in [3.8, 4) is 11.1 Å². The lowest BCUT2D eigenvalue weighted by atomic mass is 10.1. The molecular weight excluding hydrogens is 414 g/mol. The third kappa shape index (κ3) is 4.39. The number of nitrogens with zero attached hydrogens (tertiary/aromatic N) is 2. The molecule has 0 saturated carbocycles. The lowest BCUT2D eigenvalue weighted by molar-refractivity contribution is -0.116. The summed E-state index contributed by atoms with van der Waals surface area (Å²) >= 11 is 1.32. The largest absolute Gasteiger partial charge is 0.462 e. The molecule has 1 N–H and O–H groups in total. The van der Waals surface area contributed by atoms with Crippen LogP contribution in [-0.4, -0.2) is 28.0 Å². The Bertz CT molecular complexity index is 1290. The van der Waals surface area contributed by atoms with Crippen LogP contribution in [-0.2, 0) is 16.1 Å². The van der Waals surface area contributed by atoms with Crippen molar-refractivity contribution >= 4 is 39.1 Å². The summed E-state index contributed by atoms with van der Waals surface area (Å²) in [6.07, 6.45) is 1.40. The highest BCUT2D eigenvalue weighted by atomic mass is 32.1. The average molecular weight is 433 g/mol. The summed E-state index contributed by atoms with van der Waals surface area (Å²) in [5.41, 5.74) is 3.18. The van der Waals surface area contributed by atoms with Gasteiger partial charge in [0, 0.05) is 16.6 Å². The van der Waals surface area contributed by atoms with Gasteiger partial charge in [0.2, 0.25) is 5.91 Å². The maximum absolute atomic E-state index is 12.8. The van der Waals surface area contributed by atoms with E-state index in [0.29, 0.717) is 28.1 Å². The van der Waals surface area contributed by atoms with Crippen LogP contribution in [0.3, 0.4) is 0 Å². The number of carbonyl (C=O) groups is 2. The van der Waals surface area contributed by atoms with Crippen LogP contribution in [0.2, 0.25) is 0 Å². The van der Waals surface area contributed by atoms with Crippen LogP contribution in [0.4, 0.5) is 5.69 Å². The number of aromatic nitrogens is 2. The van der Waals surface area contributed by atoms with E-state index in [9.17, 15) is 14.4 Å². The predicted molar refractivity (Wildman–Crippen MR) is 120 cm³/mol. The van der Waals surface area contributed by atoms with Crippen molar-refractivity contribution in [2.24, 2.45) is 0 Å². The molecular formula is C23H19N3O4S. The van der Waals surface area contributed by atoms with Gasteiger partial charge in [-0.1, -0.05) is 30.3 Å². The van der Waals surface area contributed by atoms with Crippen LogP contribution in [0.5, 0.6) is 0 Å². The molecule has 0 saturated heterocycles. The van der Waals surface area contributed by atoms with Crippen molar-refractivity contribution in [1.82, 2.24) is 9.55 Å². The van der Waals surface area contributed by atoms with Crippen molar-refractivity contribution < 1.29 is 14.3 Å². The van der Waals surface area contributed by atoms with Gasteiger partial charge >= 0.3 is 5.97 Å². The molecule has 0 aliphatic heterocycles. The highest BCUT2D eigenvalue weighted by Gasteiger charge is 2.14. The van der Waals surface area contributed by atoms with Gasteiger partial charge in [-0.25, -0.2) is 9.78 Å². The molecule has 0 fully saturated rings. The number of fused-ring (bicyclic) bond motifs is 1. The molecule has 0 spiro atoms. The minimum atomic E-state index is -0.419. The summed E-state index contributed by atoms with van der Waals surface area (Å²) < 4.78 is 6.73. The van der Waals surface area contributed by atoms with Crippen molar-refractivity contribution in [2.45, 2.75) is 13.5 Å². The first kappa shape index (κ1) is 20.5. The van der Waals surface area contributed by atoms with E-state index < -0.39 is 5.97 Å². The SMILES string of the molecule is CCOC(=O)c1ccc(NC(=O)Cn2cnc3c(-c4ccccc4)csc3c2=O)cc1. The number of ether oxygens (including phenoxy) is 1. The number of anilines is 1. The summed E-state index contributed by atoms with van der Waals surface area (Å²) in [4.78, 5) is 41.4. The van der Waals surface area contributed by atoms with Crippen LogP contribution in [0, 0.1) is 0 Å². The first-order chi connectivity index (χ1) is 15.1. The van der Waals surface area contributed by atoms with Gasteiger partial charge in [0.1, 0.15) is 11.2 Å². The number of carbonyl (C=O) groups excluding carboxylic acids is 2. The van der Waals surface area contributed by atoms with E-state index in [1.165, 1.54) is 22.2 Å². The smallest absolute Gasteiger partial charge is 0.338 e. The molecule has 4 rings (SSSR count). The molecule has 1 amide bonds. The predicted octanol–water partition coefficient (Wildman–Crippen LogP) is 3.94. The molecule has 2 aromatic carbocycles. The quantitative estimate of drug-likeness (QED) is 0.465. The molecule has 0 unspecified atom stereocenters. The van der Waals surface area contributed by atoms with Gasteiger partial charge in [0.05, 0.1) is 24.0 Å². The zero-order valence-corrected chi connectivity index (χ0v) is 17.5. The highest BCUT2D eigenvalue weighted by molar-refractivity contribution is 7.17. The molecule has 0 aliphatic carbocycles. The van der Waals surface area contributed by atoms with Gasteiger partial charge in [-0.2, -0.15) is 0 Å². The lowest BCUT2D eigenvalue weighted by Gasteiger charge is -2.08. The molecule has 7 nitrogen and oxygen atoms in total. The van der Waals surface area contributed by atoms with E-state index in [4.69, 9.17) is 4.74 Å². The minimum absolute atomic E-state index is 0.167. The Morgan fingerprint density at radius 2 is 1.84 bits per heavy atom. The Balaban J connectivity index is 1.50. The van der Waals surface area contributed by atoms with Gasteiger partial charge < -0.3 is 10.1 Å². The number of thiophene rings is 1. The van der Waals surface area contributed by atoms with Gasteiger partial charge in [-0.05, 0) is 36.8 Å². The van der Waals surface area contributed by atoms with Crippen LogP contribution in [0.1, 0.15) is 17.3 Å². The summed E-state index contributed by atoms with van der Waals surface area (Å²) in [5, 5.41) is 4.63. The second kappa shape index (κ2) is 8.93. The molecule has 2 heterocycles. The molecule has 156 valence electrons. The number of nitrogens with one attached hydrogen (secondary N) is 1. The fraction of sp³-hybridized carbons (Fsp3) is 0.130. The average Bonchev–Trinajstić information content (AvgIpc) is 3.22. The fourth-order valence-electron chi connectivity index (χ4n) is 3.14. The Morgan fingerprint density at radius 3 is 2.55 bits per heavy atom. The number of benzene rings is 2. The number of esters is 1. The summed E-state index contributed by atoms with van der Waals surface area (Å²) in [7, 11) is 0. The van der Waals surface area contributed by atoms with Crippen molar-refractivity contribution in [2.75, 3.05) is 11.9 Å². The summed E-state index contributed by atoms with van der Waals surface area (Å²) in [5.74, 6) is -0.788. The third-order valence-corrected chi connectivity index (χ3v) is 5.58. The van der Waals surface area contributed by atoms with Crippen molar-refractivity contribution in [1.29, 1.82) is 0 Å². The zero-order chi connectivity index (χ0) is 21.8. The fourth-order valence-corrected chi connectivity index (χ4v) is 4.11. The van der Waals surface area contributed by atoms with E-state index >= 15 is 0 Å². The molecule has 0 radical (unpaired) electrons. The molecule has 0 aliphatic rings. The Kier molecular flexibility index (Phi) is 5.90. The first-order valence-corrected chi connectivity index (χ1v) is 10.5. The number of rotatable bonds is 6. The number of amides is 1. The van der Waals surface area contributed by atoms with E-state index in [2.05, 4.69) is 10.3 Å². The second-order valence-electron chi connectivity index (χ2n) is 6.72. The zero-order valence-electron chi connectivity index (χ0n) is 16.7. The monoisotopic (exact) mass is 433 g/mol.